The molecule has 2 N–H and O–H groups in total. The van der Waals surface area contributed by atoms with Crippen LogP contribution in [0.3, 0.4) is 0 Å². The minimum atomic E-state index is -0.579. The zero-order valence-corrected chi connectivity index (χ0v) is 17.3. The molecule has 9 heteroatoms. The van der Waals surface area contributed by atoms with Gasteiger partial charge in [-0.3, -0.25) is 19.3 Å². The number of nitrogens with one attached hydrogen (secondary N) is 2. The third-order valence-electron chi connectivity index (χ3n) is 6.20. The van der Waals surface area contributed by atoms with Crippen molar-refractivity contribution in [2.75, 3.05) is 18.4 Å². The summed E-state index contributed by atoms with van der Waals surface area (Å²) in [6.07, 6.45) is 6.99. The molecule has 1 aromatic carbocycles. The molecule has 2 amide bonds. The van der Waals surface area contributed by atoms with E-state index in [1.165, 1.54) is 4.57 Å². The molecule has 0 saturated carbocycles. The normalized spacial score (nSPS) is 16.3. The fourth-order valence-electron chi connectivity index (χ4n) is 4.53. The van der Waals surface area contributed by atoms with Gasteiger partial charge in [0, 0.05) is 30.0 Å². The van der Waals surface area contributed by atoms with Crippen LogP contribution in [0.1, 0.15) is 53.8 Å². The Morgan fingerprint density at radius 1 is 1.10 bits per heavy atom. The fourth-order valence-corrected chi connectivity index (χ4v) is 4.53. The first-order valence-electron chi connectivity index (χ1n) is 10.9. The first-order valence-corrected chi connectivity index (χ1v) is 10.9. The average molecular weight is 423 g/mol. The minimum absolute atomic E-state index is 0.0733. The highest BCUT2D eigenvalue weighted by Crippen LogP contribution is 2.24. The molecule has 9 nitrogen and oxygen atoms in total. The van der Waals surface area contributed by atoms with Gasteiger partial charge in [0.1, 0.15) is 6.54 Å². The van der Waals surface area contributed by atoms with Crippen molar-refractivity contribution >= 4 is 28.6 Å². The zero-order chi connectivity index (χ0) is 21.4. The third kappa shape index (κ3) is 3.75. The molecule has 0 radical (unpaired) electrons. The van der Waals surface area contributed by atoms with E-state index >= 15 is 0 Å². The lowest BCUT2D eigenvalue weighted by Crippen LogP contribution is -2.39. The molecule has 2 aromatic heterocycles. The summed E-state index contributed by atoms with van der Waals surface area (Å²) in [6.45, 7) is 1.37. The van der Waals surface area contributed by atoms with Gasteiger partial charge in [-0.15, -0.1) is 0 Å². The van der Waals surface area contributed by atoms with E-state index in [-0.39, 0.29) is 18.4 Å². The molecule has 1 fully saturated rings. The maximum absolute atomic E-state index is 12.8. The molecule has 0 atom stereocenters. The maximum atomic E-state index is 12.8. The summed E-state index contributed by atoms with van der Waals surface area (Å²) in [7, 11) is 0. The Morgan fingerprint density at radius 2 is 1.90 bits per heavy atom. The van der Waals surface area contributed by atoms with Crippen molar-refractivity contribution in [3.8, 4) is 0 Å². The van der Waals surface area contributed by atoms with E-state index in [9.17, 15) is 14.4 Å². The number of fused-ring (bicyclic) bond motifs is 2. The van der Waals surface area contributed by atoms with E-state index in [2.05, 4.69) is 15.5 Å². The number of aromatic nitrogens is 3. The highest BCUT2D eigenvalue weighted by Gasteiger charge is 2.23. The number of aromatic amines is 1. The molecular weight excluding hydrogens is 398 g/mol. The van der Waals surface area contributed by atoms with Crippen molar-refractivity contribution in [3.05, 3.63) is 45.7 Å². The number of aryl methyl sites for hydroxylation is 1. The number of carbonyl (C=O) groups excluding carboxylic acids is 2. The predicted molar refractivity (Wildman–Crippen MR) is 114 cm³/mol. The number of hydrogen-bond acceptors (Lipinski definition) is 5. The number of hydrogen-bond donors (Lipinski definition) is 2. The van der Waals surface area contributed by atoms with Crippen LogP contribution >= 0.6 is 0 Å². The van der Waals surface area contributed by atoms with Gasteiger partial charge in [0.15, 0.2) is 11.3 Å². The SMILES string of the molecule is O=C(Nc1ccc2oc(=O)n(CC(=O)N3CCCCC3)c2c1)c1n[nH]c2c1CCCC2. The van der Waals surface area contributed by atoms with Crippen LogP contribution < -0.4 is 11.1 Å². The van der Waals surface area contributed by atoms with Crippen molar-refractivity contribution in [1.29, 1.82) is 0 Å². The Kier molecular flexibility index (Phi) is 5.09. The predicted octanol–water partition coefficient (Wildman–Crippen LogP) is 2.46. The number of carbonyl (C=O) groups is 2. The second kappa shape index (κ2) is 8.05. The number of rotatable bonds is 4. The van der Waals surface area contributed by atoms with E-state index in [0.29, 0.717) is 22.5 Å². The van der Waals surface area contributed by atoms with Crippen molar-refractivity contribution in [2.45, 2.75) is 51.5 Å². The Morgan fingerprint density at radius 3 is 2.74 bits per heavy atom. The van der Waals surface area contributed by atoms with Crippen LogP contribution in [0, 0.1) is 0 Å². The van der Waals surface area contributed by atoms with Crippen LogP contribution in [-0.2, 0) is 24.2 Å². The summed E-state index contributed by atoms with van der Waals surface area (Å²) in [5.41, 5.74) is 3.82. The molecular formula is C22H25N5O4. The topological polar surface area (TPSA) is 113 Å². The number of likely N-dealkylation sites (tertiary alicyclic amines) is 1. The highest BCUT2D eigenvalue weighted by molar-refractivity contribution is 6.04. The van der Waals surface area contributed by atoms with Gasteiger partial charge in [-0.05, 0) is 63.1 Å². The summed E-state index contributed by atoms with van der Waals surface area (Å²) in [4.78, 5) is 39.6. The Hall–Kier alpha value is -3.36. The Balaban J connectivity index is 1.38. The lowest BCUT2D eigenvalue weighted by molar-refractivity contribution is -0.132. The Bertz CT molecular complexity index is 1200. The van der Waals surface area contributed by atoms with Crippen LogP contribution in [0.5, 0.6) is 0 Å². The summed E-state index contributed by atoms with van der Waals surface area (Å²) in [5.74, 6) is -0.965. The van der Waals surface area contributed by atoms with Gasteiger partial charge in [0.25, 0.3) is 5.91 Å². The summed E-state index contributed by atoms with van der Waals surface area (Å²) in [6, 6.07) is 4.98. The van der Waals surface area contributed by atoms with Gasteiger partial charge in [-0.2, -0.15) is 5.10 Å². The number of amides is 2. The van der Waals surface area contributed by atoms with E-state index in [1.54, 1.807) is 23.1 Å². The number of oxazole rings is 1. The Labute approximate surface area is 178 Å². The minimum Gasteiger partial charge on any atom is -0.408 e. The van der Waals surface area contributed by atoms with E-state index in [4.69, 9.17) is 4.42 Å². The lowest BCUT2D eigenvalue weighted by Gasteiger charge is -2.26. The lowest BCUT2D eigenvalue weighted by atomic mass is 9.96. The number of anilines is 1. The van der Waals surface area contributed by atoms with Gasteiger partial charge < -0.3 is 14.6 Å². The molecule has 0 spiro atoms. The van der Waals surface area contributed by atoms with E-state index < -0.39 is 5.76 Å². The van der Waals surface area contributed by atoms with Gasteiger partial charge in [0.2, 0.25) is 5.91 Å². The number of H-pyrrole nitrogens is 1. The van der Waals surface area contributed by atoms with Crippen LogP contribution in [0.4, 0.5) is 5.69 Å². The number of benzene rings is 1. The first kappa shape index (κ1) is 19.6. The van der Waals surface area contributed by atoms with E-state index in [1.807, 2.05) is 0 Å². The van der Waals surface area contributed by atoms with Crippen molar-refractivity contribution < 1.29 is 14.0 Å². The monoisotopic (exact) mass is 423 g/mol. The van der Waals surface area contributed by atoms with Crippen LogP contribution in [0.15, 0.2) is 27.4 Å². The molecule has 2 aliphatic rings. The first-order chi connectivity index (χ1) is 15.1. The number of nitrogens with zero attached hydrogens (tertiary/aromatic N) is 3. The van der Waals surface area contributed by atoms with Gasteiger partial charge in [-0.1, -0.05) is 0 Å². The van der Waals surface area contributed by atoms with E-state index in [0.717, 1.165) is 69.3 Å². The molecule has 3 aromatic rings. The molecule has 31 heavy (non-hydrogen) atoms. The molecule has 0 unspecified atom stereocenters. The molecule has 1 saturated heterocycles. The molecule has 5 rings (SSSR count). The molecule has 0 bridgehead atoms. The average Bonchev–Trinajstić information content (AvgIpc) is 3.35. The third-order valence-corrected chi connectivity index (χ3v) is 6.20. The summed E-state index contributed by atoms with van der Waals surface area (Å²) in [5, 5.41) is 10.0. The van der Waals surface area contributed by atoms with Crippen LogP contribution in [0.25, 0.3) is 11.1 Å². The fraction of sp³-hybridized carbons (Fsp3) is 0.455. The van der Waals surface area contributed by atoms with Crippen LogP contribution in [-0.4, -0.2) is 44.6 Å². The standard InChI is InChI=1S/C22H25N5O4/c28-19(26-10-4-1-5-11-26)13-27-17-12-14(8-9-18(17)31-22(27)30)23-21(29)20-15-6-2-3-7-16(15)24-25-20/h8-9,12H,1-7,10-11,13H2,(H,23,29)(H,24,25). The summed E-state index contributed by atoms with van der Waals surface area (Å²) < 4.78 is 6.63. The quantitative estimate of drug-likeness (QED) is 0.669. The molecule has 1 aliphatic carbocycles. The van der Waals surface area contributed by atoms with Gasteiger partial charge >= 0.3 is 5.76 Å². The molecule has 3 heterocycles. The maximum Gasteiger partial charge on any atom is 0.420 e. The van der Waals surface area contributed by atoms with Crippen molar-refractivity contribution in [1.82, 2.24) is 19.7 Å². The van der Waals surface area contributed by atoms with Gasteiger partial charge in [0.05, 0.1) is 5.52 Å². The molecule has 162 valence electrons. The summed E-state index contributed by atoms with van der Waals surface area (Å²) >= 11 is 0. The van der Waals surface area contributed by atoms with Crippen molar-refractivity contribution in [2.24, 2.45) is 0 Å². The van der Waals surface area contributed by atoms with Crippen molar-refractivity contribution in [3.63, 3.8) is 0 Å². The smallest absolute Gasteiger partial charge is 0.408 e. The largest absolute Gasteiger partial charge is 0.420 e. The van der Waals surface area contributed by atoms with Crippen LogP contribution in [0.2, 0.25) is 0 Å². The second-order valence-electron chi connectivity index (χ2n) is 8.27. The second-order valence-corrected chi connectivity index (χ2v) is 8.27. The highest BCUT2D eigenvalue weighted by atomic mass is 16.4. The number of piperidine rings is 1. The van der Waals surface area contributed by atoms with Gasteiger partial charge in [-0.25, -0.2) is 4.79 Å². The molecule has 1 aliphatic heterocycles. The zero-order valence-electron chi connectivity index (χ0n) is 17.3.